The second kappa shape index (κ2) is 6.09. The third-order valence-corrected chi connectivity index (χ3v) is 7.69. The second-order valence-electron chi connectivity index (χ2n) is 8.14. The molecule has 0 aromatic heterocycles. The Kier molecular flexibility index (Phi) is 4.18. The molecule has 2 heterocycles. The molecule has 5 nitrogen and oxygen atoms in total. The average molecular weight is 385 g/mol. The number of fused-ring (bicyclic) bond motifs is 1. The summed E-state index contributed by atoms with van der Waals surface area (Å²) in [5.74, 6) is -0.180. The normalized spacial score (nSPS) is 23.5. The van der Waals surface area contributed by atoms with Crippen molar-refractivity contribution in [2.45, 2.75) is 49.6 Å². The van der Waals surface area contributed by atoms with Gasteiger partial charge in [-0.3, -0.25) is 4.31 Å². The highest BCUT2D eigenvalue weighted by Gasteiger charge is 2.56. The molecule has 27 heavy (non-hydrogen) atoms. The first-order valence-electron chi connectivity index (χ1n) is 9.16. The van der Waals surface area contributed by atoms with Gasteiger partial charge in [-0.15, -0.1) is 0 Å². The van der Waals surface area contributed by atoms with Crippen molar-refractivity contribution in [3.8, 4) is 0 Å². The molecule has 4 rings (SSSR count). The van der Waals surface area contributed by atoms with E-state index >= 15 is 0 Å². The Bertz CT molecular complexity index is 943. The summed E-state index contributed by atoms with van der Waals surface area (Å²) in [5, 5.41) is 0. The van der Waals surface area contributed by atoms with Gasteiger partial charge in [0.2, 0.25) is 0 Å². The van der Waals surface area contributed by atoms with Gasteiger partial charge < -0.3 is 9.31 Å². The molecule has 1 fully saturated rings. The van der Waals surface area contributed by atoms with Crippen LogP contribution < -0.4 is 4.31 Å². The van der Waals surface area contributed by atoms with Crippen LogP contribution in [-0.4, -0.2) is 33.3 Å². The molecule has 7 heteroatoms. The minimum atomic E-state index is -3.65. The molecule has 0 saturated carbocycles. The standard InChI is InChI=1S/C20H24BNO4S/c1-19(2)20(3,4)26-21(25-19)17-14-22(18-13-9-8-12-16(17)18)27(23,24)15-10-6-5-7-11-15/h5-13,17H,14H2,1-4H3. The average Bonchev–Trinajstić information content (AvgIpc) is 3.11. The van der Waals surface area contributed by atoms with Gasteiger partial charge in [-0.05, 0) is 51.5 Å². The minimum absolute atomic E-state index is 0.180. The maximum atomic E-state index is 13.3. The summed E-state index contributed by atoms with van der Waals surface area (Å²) in [6.45, 7) is 8.32. The predicted octanol–water partition coefficient (Wildman–Crippen LogP) is 3.61. The molecule has 2 aliphatic rings. The molecule has 1 saturated heterocycles. The SMILES string of the molecule is CC1(C)OB(C2CN(S(=O)(=O)c3ccccc3)c3ccccc32)OC1(C)C. The van der Waals surface area contributed by atoms with E-state index in [0.29, 0.717) is 12.2 Å². The number of anilines is 1. The molecule has 2 aromatic rings. The zero-order valence-electron chi connectivity index (χ0n) is 16.0. The zero-order valence-corrected chi connectivity index (χ0v) is 16.9. The van der Waals surface area contributed by atoms with Crippen LogP contribution in [0.3, 0.4) is 0 Å². The number of rotatable bonds is 3. The maximum absolute atomic E-state index is 13.3. The Morgan fingerprint density at radius 2 is 1.48 bits per heavy atom. The van der Waals surface area contributed by atoms with E-state index in [4.69, 9.17) is 9.31 Å². The Balaban J connectivity index is 1.73. The molecule has 0 spiro atoms. The molecule has 2 aromatic carbocycles. The fourth-order valence-electron chi connectivity index (χ4n) is 3.64. The van der Waals surface area contributed by atoms with E-state index in [1.54, 1.807) is 24.3 Å². The quantitative estimate of drug-likeness (QED) is 0.758. The largest absolute Gasteiger partial charge is 0.467 e. The Hall–Kier alpha value is -1.83. The number of hydrogen-bond acceptors (Lipinski definition) is 4. The highest BCUT2D eigenvalue weighted by atomic mass is 32.2. The first kappa shape index (κ1) is 18.5. The summed E-state index contributed by atoms with van der Waals surface area (Å²) in [4.78, 5) is 0.286. The first-order chi connectivity index (χ1) is 12.6. The van der Waals surface area contributed by atoms with E-state index in [-0.39, 0.29) is 10.7 Å². The van der Waals surface area contributed by atoms with Crippen LogP contribution >= 0.6 is 0 Å². The molecule has 0 bridgehead atoms. The van der Waals surface area contributed by atoms with Crippen LogP contribution in [0.2, 0.25) is 0 Å². The van der Waals surface area contributed by atoms with Crippen molar-refractivity contribution in [3.05, 3.63) is 60.2 Å². The highest BCUT2D eigenvalue weighted by molar-refractivity contribution is 7.92. The van der Waals surface area contributed by atoms with Crippen molar-refractivity contribution in [3.63, 3.8) is 0 Å². The number of nitrogens with zero attached hydrogens (tertiary/aromatic N) is 1. The lowest BCUT2D eigenvalue weighted by Gasteiger charge is -2.32. The molecule has 142 valence electrons. The van der Waals surface area contributed by atoms with Gasteiger partial charge in [0.25, 0.3) is 10.0 Å². The number of sulfonamides is 1. The maximum Gasteiger partial charge on any atom is 0.467 e. The van der Waals surface area contributed by atoms with Crippen molar-refractivity contribution in [1.82, 2.24) is 0 Å². The van der Waals surface area contributed by atoms with Crippen LogP contribution in [0.1, 0.15) is 39.1 Å². The summed E-state index contributed by atoms with van der Waals surface area (Å²) in [6.07, 6.45) is 0. The second-order valence-corrected chi connectivity index (χ2v) is 10.0. The third kappa shape index (κ3) is 2.89. The summed E-state index contributed by atoms with van der Waals surface area (Å²) >= 11 is 0. The smallest absolute Gasteiger partial charge is 0.403 e. The van der Waals surface area contributed by atoms with Crippen molar-refractivity contribution < 1.29 is 17.7 Å². The first-order valence-corrected chi connectivity index (χ1v) is 10.6. The molecule has 0 N–H and O–H groups in total. The molecule has 0 radical (unpaired) electrons. The monoisotopic (exact) mass is 385 g/mol. The highest BCUT2D eigenvalue weighted by Crippen LogP contribution is 2.46. The minimum Gasteiger partial charge on any atom is -0.403 e. The topological polar surface area (TPSA) is 55.8 Å². The predicted molar refractivity (Wildman–Crippen MR) is 106 cm³/mol. The molecule has 0 amide bonds. The van der Waals surface area contributed by atoms with Gasteiger partial charge in [0.05, 0.1) is 21.8 Å². The van der Waals surface area contributed by atoms with Crippen molar-refractivity contribution in [1.29, 1.82) is 0 Å². The van der Waals surface area contributed by atoms with Gasteiger partial charge >= 0.3 is 7.12 Å². The number of benzene rings is 2. The van der Waals surface area contributed by atoms with E-state index in [9.17, 15) is 8.42 Å². The summed E-state index contributed by atoms with van der Waals surface area (Å²) in [7, 11) is -4.14. The molecule has 1 unspecified atom stereocenters. The lowest BCUT2D eigenvalue weighted by atomic mass is 9.69. The van der Waals surface area contributed by atoms with Gasteiger partial charge in [-0.1, -0.05) is 36.4 Å². The van der Waals surface area contributed by atoms with Crippen LogP contribution in [0.4, 0.5) is 5.69 Å². The van der Waals surface area contributed by atoms with Crippen molar-refractivity contribution in [2.24, 2.45) is 0 Å². The van der Waals surface area contributed by atoms with Crippen LogP contribution in [0, 0.1) is 0 Å². The molecule has 1 atom stereocenters. The molecular weight excluding hydrogens is 361 g/mol. The fraction of sp³-hybridized carbons (Fsp3) is 0.400. The van der Waals surface area contributed by atoms with Crippen LogP contribution in [-0.2, 0) is 19.3 Å². The molecular formula is C20H24BNO4S. The van der Waals surface area contributed by atoms with Gasteiger partial charge in [-0.25, -0.2) is 8.42 Å². The van der Waals surface area contributed by atoms with Gasteiger partial charge in [-0.2, -0.15) is 0 Å². The fourth-order valence-corrected chi connectivity index (χ4v) is 5.17. The Morgan fingerprint density at radius 3 is 2.11 bits per heavy atom. The number of hydrogen-bond donors (Lipinski definition) is 0. The van der Waals surface area contributed by atoms with Gasteiger partial charge in [0, 0.05) is 12.4 Å². The lowest BCUT2D eigenvalue weighted by Crippen LogP contribution is -2.41. The van der Waals surface area contributed by atoms with Crippen LogP contribution in [0.15, 0.2) is 59.5 Å². The van der Waals surface area contributed by atoms with Crippen molar-refractivity contribution in [2.75, 3.05) is 10.8 Å². The van der Waals surface area contributed by atoms with Gasteiger partial charge in [0.15, 0.2) is 0 Å². The van der Waals surface area contributed by atoms with Crippen LogP contribution in [0.25, 0.3) is 0 Å². The number of para-hydroxylation sites is 1. The van der Waals surface area contributed by atoms with E-state index in [0.717, 1.165) is 5.56 Å². The summed E-state index contributed by atoms with van der Waals surface area (Å²) in [6, 6.07) is 16.1. The van der Waals surface area contributed by atoms with E-state index in [1.165, 1.54) is 4.31 Å². The lowest BCUT2D eigenvalue weighted by molar-refractivity contribution is 0.00578. The summed E-state index contributed by atoms with van der Waals surface area (Å²) in [5.41, 5.74) is 0.716. The Labute approximate surface area is 161 Å². The van der Waals surface area contributed by atoms with Crippen molar-refractivity contribution >= 4 is 22.8 Å². The Morgan fingerprint density at radius 1 is 0.926 bits per heavy atom. The summed E-state index contributed by atoms with van der Waals surface area (Å²) < 4.78 is 40.4. The van der Waals surface area contributed by atoms with E-state index < -0.39 is 28.3 Å². The van der Waals surface area contributed by atoms with Crippen LogP contribution in [0.5, 0.6) is 0 Å². The molecule has 0 aliphatic carbocycles. The third-order valence-electron chi connectivity index (χ3n) is 5.90. The van der Waals surface area contributed by atoms with Gasteiger partial charge in [0.1, 0.15) is 0 Å². The van der Waals surface area contributed by atoms with E-state index in [1.807, 2.05) is 58.0 Å². The zero-order chi connectivity index (χ0) is 19.4. The van der Waals surface area contributed by atoms with E-state index in [2.05, 4.69) is 0 Å². The molecule has 2 aliphatic heterocycles.